The molecule has 0 aromatic carbocycles. The quantitative estimate of drug-likeness (QED) is 0.0262. The first kappa shape index (κ1) is 61.1. The third-order valence-electron chi connectivity index (χ3n) is 12.8. The van der Waals surface area contributed by atoms with Gasteiger partial charge in [-0.3, -0.25) is 14.4 Å². The Morgan fingerprint density at radius 2 is 0.556 bits per heavy atom. The van der Waals surface area contributed by atoms with Crippen LogP contribution < -0.4 is 0 Å². The molecule has 6 heteroatoms. The molecule has 0 saturated heterocycles. The van der Waals surface area contributed by atoms with Gasteiger partial charge in [0.25, 0.3) is 0 Å². The fraction of sp³-hybridized carbons (Fsp3) is 0.912. The summed E-state index contributed by atoms with van der Waals surface area (Å²) < 4.78 is 16.6. The van der Waals surface area contributed by atoms with Crippen LogP contribution in [-0.4, -0.2) is 37.2 Å². The van der Waals surface area contributed by atoms with Crippen LogP contribution in [0.3, 0.4) is 0 Å². The van der Waals surface area contributed by atoms with E-state index in [-0.39, 0.29) is 31.1 Å². The standard InChI is InChI=1S/C57H108O6/c1-4-7-10-13-15-17-19-20-21-22-23-24-25-26-27-28-29-30-31-32-33-34-35-36-37-38-40-41-44-47-50-56(59)62-53-54(52-61-55(58)49-46-43-12-9-6-3)63-57(60)51-48-45-42-39-18-16-14-11-8-5-2/h11,14,54H,4-10,12-13,15-53H2,1-3H3/b14-11-. The highest BCUT2D eigenvalue weighted by Crippen LogP contribution is 2.18. The van der Waals surface area contributed by atoms with Gasteiger partial charge in [-0.15, -0.1) is 0 Å². The lowest BCUT2D eigenvalue weighted by Crippen LogP contribution is -2.30. The van der Waals surface area contributed by atoms with Crippen molar-refractivity contribution in [1.82, 2.24) is 0 Å². The lowest BCUT2D eigenvalue weighted by molar-refractivity contribution is -0.167. The minimum Gasteiger partial charge on any atom is -0.462 e. The first-order chi connectivity index (χ1) is 31.0. The molecule has 63 heavy (non-hydrogen) atoms. The first-order valence-corrected chi connectivity index (χ1v) is 28.2. The van der Waals surface area contributed by atoms with Crippen LogP contribution in [-0.2, 0) is 28.6 Å². The van der Waals surface area contributed by atoms with E-state index in [1.54, 1.807) is 0 Å². The van der Waals surface area contributed by atoms with Gasteiger partial charge in [-0.25, -0.2) is 0 Å². The third kappa shape index (κ3) is 51.0. The van der Waals surface area contributed by atoms with Gasteiger partial charge in [0.1, 0.15) is 13.2 Å². The highest BCUT2D eigenvalue weighted by Gasteiger charge is 2.19. The van der Waals surface area contributed by atoms with E-state index in [1.807, 2.05) is 0 Å². The number of rotatable bonds is 52. The van der Waals surface area contributed by atoms with Crippen LogP contribution in [0.25, 0.3) is 0 Å². The van der Waals surface area contributed by atoms with Crippen molar-refractivity contribution in [2.24, 2.45) is 0 Å². The Hall–Kier alpha value is -1.85. The van der Waals surface area contributed by atoms with E-state index in [0.29, 0.717) is 19.3 Å². The topological polar surface area (TPSA) is 78.9 Å². The van der Waals surface area contributed by atoms with E-state index in [4.69, 9.17) is 14.2 Å². The Morgan fingerprint density at radius 3 is 0.857 bits per heavy atom. The number of hydrogen-bond donors (Lipinski definition) is 0. The number of esters is 3. The Balaban J connectivity index is 3.83. The van der Waals surface area contributed by atoms with Gasteiger partial charge in [0, 0.05) is 19.3 Å². The van der Waals surface area contributed by atoms with Gasteiger partial charge in [0.2, 0.25) is 0 Å². The summed E-state index contributed by atoms with van der Waals surface area (Å²) in [6.07, 6.45) is 60.0. The summed E-state index contributed by atoms with van der Waals surface area (Å²) in [6.45, 7) is 6.52. The largest absolute Gasteiger partial charge is 0.462 e. The number of unbranched alkanes of at least 4 members (excludes halogenated alkanes) is 39. The molecular formula is C57H108O6. The summed E-state index contributed by atoms with van der Waals surface area (Å²) >= 11 is 0. The maximum atomic E-state index is 12.7. The van der Waals surface area contributed by atoms with Crippen LogP contribution >= 0.6 is 0 Å². The zero-order valence-electron chi connectivity index (χ0n) is 42.6. The van der Waals surface area contributed by atoms with Crippen molar-refractivity contribution >= 4 is 17.9 Å². The second-order valence-electron chi connectivity index (χ2n) is 19.2. The molecule has 0 radical (unpaired) electrons. The molecule has 0 heterocycles. The van der Waals surface area contributed by atoms with Gasteiger partial charge in [-0.1, -0.05) is 270 Å². The molecular weight excluding hydrogens is 781 g/mol. The van der Waals surface area contributed by atoms with Crippen LogP contribution in [0.15, 0.2) is 12.2 Å². The molecule has 0 N–H and O–H groups in total. The molecule has 1 atom stereocenters. The average Bonchev–Trinajstić information content (AvgIpc) is 3.28. The van der Waals surface area contributed by atoms with E-state index in [9.17, 15) is 14.4 Å². The second kappa shape index (κ2) is 52.8. The molecule has 0 amide bonds. The third-order valence-corrected chi connectivity index (χ3v) is 12.8. The summed E-state index contributed by atoms with van der Waals surface area (Å²) in [7, 11) is 0. The number of carbonyl (C=O) groups excluding carboxylic acids is 3. The maximum Gasteiger partial charge on any atom is 0.306 e. The van der Waals surface area contributed by atoms with Crippen molar-refractivity contribution in [1.29, 1.82) is 0 Å². The molecule has 0 aliphatic carbocycles. The Labute approximate surface area is 392 Å². The zero-order chi connectivity index (χ0) is 45.8. The normalized spacial score (nSPS) is 12.0. The molecule has 0 rings (SSSR count). The van der Waals surface area contributed by atoms with Gasteiger partial charge in [-0.2, -0.15) is 0 Å². The van der Waals surface area contributed by atoms with Crippen LogP contribution in [0.2, 0.25) is 0 Å². The molecule has 0 saturated carbocycles. The molecule has 0 bridgehead atoms. The van der Waals surface area contributed by atoms with E-state index in [0.717, 1.165) is 83.5 Å². The minimum absolute atomic E-state index is 0.0699. The molecule has 0 aliphatic rings. The van der Waals surface area contributed by atoms with Crippen molar-refractivity contribution in [3.05, 3.63) is 12.2 Å². The summed E-state index contributed by atoms with van der Waals surface area (Å²) in [5.74, 6) is -0.882. The predicted octanol–water partition coefficient (Wildman–Crippen LogP) is 18.5. The summed E-state index contributed by atoms with van der Waals surface area (Å²) in [5, 5.41) is 0. The highest BCUT2D eigenvalue weighted by atomic mass is 16.6. The summed E-state index contributed by atoms with van der Waals surface area (Å²) in [5.41, 5.74) is 0. The van der Waals surface area contributed by atoms with Crippen molar-refractivity contribution in [3.63, 3.8) is 0 Å². The van der Waals surface area contributed by atoms with Crippen LogP contribution in [0.1, 0.15) is 316 Å². The molecule has 6 nitrogen and oxygen atoms in total. The Bertz CT molecular complexity index is 978. The smallest absolute Gasteiger partial charge is 0.306 e. The van der Waals surface area contributed by atoms with Gasteiger partial charge in [-0.05, 0) is 38.5 Å². The SMILES string of the molecule is CCC/C=C\CCCCCCCC(=O)OC(COC(=O)CCCCCCC)COC(=O)CCCCCCCCCCCCCCCCCCCCCCCCCCCCCCCC. The molecule has 372 valence electrons. The Morgan fingerprint density at radius 1 is 0.302 bits per heavy atom. The molecule has 0 aliphatic heterocycles. The monoisotopic (exact) mass is 889 g/mol. The minimum atomic E-state index is -0.765. The molecule has 0 aromatic rings. The van der Waals surface area contributed by atoms with Gasteiger partial charge < -0.3 is 14.2 Å². The number of hydrogen-bond acceptors (Lipinski definition) is 6. The summed E-state index contributed by atoms with van der Waals surface area (Å²) in [4.78, 5) is 37.6. The zero-order valence-corrected chi connectivity index (χ0v) is 42.6. The maximum absolute atomic E-state index is 12.7. The second-order valence-corrected chi connectivity index (χ2v) is 19.2. The fourth-order valence-corrected chi connectivity index (χ4v) is 8.51. The average molecular weight is 889 g/mol. The van der Waals surface area contributed by atoms with Gasteiger partial charge in [0.05, 0.1) is 0 Å². The number of ether oxygens (including phenoxy) is 3. The number of allylic oxidation sites excluding steroid dienone is 2. The molecule has 0 aromatic heterocycles. The van der Waals surface area contributed by atoms with E-state index in [1.165, 1.54) is 193 Å². The van der Waals surface area contributed by atoms with Crippen LogP contribution in [0.4, 0.5) is 0 Å². The van der Waals surface area contributed by atoms with Gasteiger partial charge >= 0.3 is 17.9 Å². The van der Waals surface area contributed by atoms with E-state index in [2.05, 4.69) is 32.9 Å². The first-order valence-electron chi connectivity index (χ1n) is 28.2. The van der Waals surface area contributed by atoms with Gasteiger partial charge in [0.15, 0.2) is 6.10 Å². The molecule has 0 fully saturated rings. The van der Waals surface area contributed by atoms with E-state index >= 15 is 0 Å². The van der Waals surface area contributed by atoms with E-state index < -0.39 is 6.10 Å². The van der Waals surface area contributed by atoms with Crippen molar-refractivity contribution in [2.75, 3.05) is 13.2 Å². The van der Waals surface area contributed by atoms with Crippen molar-refractivity contribution in [2.45, 2.75) is 322 Å². The van der Waals surface area contributed by atoms with Crippen molar-refractivity contribution < 1.29 is 28.6 Å². The lowest BCUT2D eigenvalue weighted by atomic mass is 10.0. The van der Waals surface area contributed by atoms with Crippen LogP contribution in [0, 0.1) is 0 Å². The summed E-state index contributed by atoms with van der Waals surface area (Å²) in [6, 6.07) is 0. The predicted molar refractivity (Wildman–Crippen MR) is 270 cm³/mol. The molecule has 1 unspecified atom stereocenters. The highest BCUT2D eigenvalue weighted by molar-refractivity contribution is 5.71. The fourth-order valence-electron chi connectivity index (χ4n) is 8.51. The lowest BCUT2D eigenvalue weighted by Gasteiger charge is -2.18. The van der Waals surface area contributed by atoms with Crippen LogP contribution in [0.5, 0.6) is 0 Å². The van der Waals surface area contributed by atoms with Crippen molar-refractivity contribution in [3.8, 4) is 0 Å². The Kier molecular flexibility index (Phi) is 51.2. The molecule has 0 spiro atoms. The number of carbonyl (C=O) groups is 3.